The van der Waals surface area contributed by atoms with Crippen LogP contribution >= 0.6 is 0 Å². The molecule has 0 unspecified atom stereocenters. The first-order valence-corrected chi connectivity index (χ1v) is 4.09. The number of ether oxygens (including phenoxy) is 2. The molecule has 13 heavy (non-hydrogen) atoms. The molecule has 0 bridgehead atoms. The highest BCUT2D eigenvalue weighted by Crippen LogP contribution is 2.29. The van der Waals surface area contributed by atoms with Gasteiger partial charge < -0.3 is 14.6 Å². The van der Waals surface area contributed by atoms with Crippen LogP contribution in [0.4, 0.5) is 0 Å². The van der Waals surface area contributed by atoms with E-state index in [2.05, 4.69) is 4.98 Å². The molecular weight excluding hydrogens is 170 g/mol. The number of nitrogens with zero attached hydrogens (tertiary/aromatic N) is 1. The molecule has 1 N–H and O–H groups in total. The number of aromatic nitrogens is 1. The Bertz CT molecular complexity index is 276. The normalized spacial score (nSPS) is 9.77. The van der Waals surface area contributed by atoms with E-state index in [0.29, 0.717) is 23.8 Å². The molecule has 0 radical (unpaired) electrons. The van der Waals surface area contributed by atoms with Crippen molar-refractivity contribution in [3.8, 4) is 11.5 Å². The molecule has 1 aromatic heterocycles. The molecule has 72 valence electrons. The Morgan fingerprint density at radius 3 is 2.85 bits per heavy atom. The highest BCUT2D eigenvalue weighted by atomic mass is 16.5. The van der Waals surface area contributed by atoms with Gasteiger partial charge in [0.2, 0.25) is 0 Å². The van der Waals surface area contributed by atoms with E-state index in [4.69, 9.17) is 14.6 Å². The van der Waals surface area contributed by atoms with Crippen LogP contribution in [0.2, 0.25) is 0 Å². The van der Waals surface area contributed by atoms with Crippen molar-refractivity contribution in [2.45, 2.75) is 13.5 Å². The van der Waals surface area contributed by atoms with Gasteiger partial charge in [-0.3, -0.25) is 4.98 Å². The van der Waals surface area contributed by atoms with E-state index in [1.165, 1.54) is 7.11 Å². The van der Waals surface area contributed by atoms with Crippen LogP contribution in [-0.4, -0.2) is 23.8 Å². The standard InChI is InChI=1S/C9H13NO3/c1-3-13-8-4-5-10-7(6-11)9(8)12-2/h4-5,11H,3,6H2,1-2H3. The predicted octanol–water partition coefficient (Wildman–Crippen LogP) is 0.981. The molecule has 0 amide bonds. The predicted molar refractivity (Wildman–Crippen MR) is 47.9 cm³/mol. The molecule has 0 aliphatic heterocycles. The Morgan fingerprint density at radius 2 is 2.31 bits per heavy atom. The quantitative estimate of drug-likeness (QED) is 0.756. The summed E-state index contributed by atoms with van der Waals surface area (Å²) in [4.78, 5) is 3.96. The van der Waals surface area contributed by atoms with E-state index < -0.39 is 0 Å². The lowest BCUT2D eigenvalue weighted by molar-refractivity contribution is 0.260. The Kier molecular flexibility index (Phi) is 3.52. The summed E-state index contributed by atoms with van der Waals surface area (Å²) >= 11 is 0. The van der Waals surface area contributed by atoms with Gasteiger partial charge in [0.05, 0.1) is 20.3 Å². The van der Waals surface area contributed by atoms with E-state index in [1.807, 2.05) is 6.92 Å². The van der Waals surface area contributed by atoms with E-state index in [-0.39, 0.29) is 6.61 Å². The van der Waals surface area contributed by atoms with Gasteiger partial charge in [-0.25, -0.2) is 0 Å². The van der Waals surface area contributed by atoms with Gasteiger partial charge in [0, 0.05) is 12.3 Å². The van der Waals surface area contributed by atoms with E-state index in [0.717, 1.165) is 0 Å². The molecule has 0 saturated heterocycles. The number of hydrogen-bond acceptors (Lipinski definition) is 4. The lowest BCUT2D eigenvalue weighted by atomic mass is 10.3. The van der Waals surface area contributed by atoms with Gasteiger partial charge in [0.25, 0.3) is 0 Å². The number of methoxy groups -OCH3 is 1. The molecule has 0 saturated carbocycles. The summed E-state index contributed by atoms with van der Waals surface area (Å²) in [7, 11) is 1.53. The first-order chi connectivity index (χ1) is 6.33. The topological polar surface area (TPSA) is 51.6 Å². The molecule has 0 aliphatic rings. The lowest BCUT2D eigenvalue weighted by Gasteiger charge is -2.10. The van der Waals surface area contributed by atoms with Crippen LogP contribution in [0.3, 0.4) is 0 Å². The number of aliphatic hydroxyl groups is 1. The molecular formula is C9H13NO3. The van der Waals surface area contributed by atoms with Crippen molar-refractivity contribution in [2.75, 3.05) is 13.7 Å². The summed E-state index contributed by atoms with van der Waals surface area (Å²) in [5.41, 5.74) is 0.494. The Hall–Kier alpha value is -1.29. The van der Waals surface area contributed by atoms with Crippen molar-refractivity contribution in [1.82, 2.24) is 4.98 Å². The zero-order chi connectivity index (χ0) is 9.68. The van der Waals surface area contributed by atoms with E-state index in [9.17, 15) is 0 Å². The molecule has 1 aromatic rings. The lowest BCUT2D eigenvalue weighted by Crippen LogP contribution is -2.00. The van der Waals surface area contributed by atoms with Gasteiger partial charge in [0.15, 0.2) is 11.5 Å². The Balaban J connectivity index is 3.03. The average molecular weight is 183 g/mol. The fourth-order valence-electron chi connectivity index (χ4n) is 1.07. The van der Waals surface area contributed by atoms with Crippen LogP contribution in [-0.2, 0) is 6.61 Å². The second-order valence-corrected chi connectivity index (χ2v) is 2.38. The summed E-state index contributed by atoms with van der Waals surface area (Å²) < 4.78 is 10.4. The fourth-order valence-corrected chi connectivity index (χ4v) is 1.07. The third-order valence-corrected chi connectivity index (χ3v) is 1.60. The van der Waals surface area contributed by atoms with Crippen LogP contribution in [0.15, 0.2) is 12.3 Å². The molecule has 4 nitrogen and oxygen atoms in total. The minimum atomic E-state index is -0.149. The number of pyridine rings is 1. The van der Waals surface area contributed by atoms with Gasteiger partial charge in [-0.15, -0.1) is 0 Å². The molecule has 0 spiro atoms. The maximum Gasteiger partial charge on any atom is 0.184 e. The van der Waals surface area contributed by atoms with Crippen LogP contribution in [0.1, 0.15) is 12.6 Å². The largest absolute Gasteiger partial charge is 0.491 e. The zero-order valence-corrected chi connectivity index (χ0v) is 7.78. The highest BCUT2D eigenvalue weighted by Gasteiger charge is 2.09. The van der Waals surface area contributed by atoms with E-state index >= 15 is 0 Å². The Morgan fingerprint density at radius 1 is 1.54 bits per heavy atom. The molecule has 4 heteroatoms. The highest BCUT2D eigenvalue weighted by molar-refractivity contribution is 5.42. The number of aliphatic hydroxyl groups excluding tert-OH is 1. The first kappa shape index (κ1) is 9.80. The third kappa shape index (κ3) is 2.09. The molecule has 0 fully saturated rings. The second-order valence-electron chi connectivity index (χ2n) is 2.38. The van der Waals surface area contributed by atoms with Gasteiger partial charge >= 0.3 is 0 Å². The number of hydrogen-bond donors (Lipinski definition) is 1. The molecule has 0 aromatic carbocycles. The van der Waals surface area contributed by atoms with Crippen molar-refractivity contribution in [3.05, 3.63) is 18.0 Å². The summed E-state index contributed by atoms with van der Waals surface area (Å²) in [6, 6.07) is 1.71. The molecule has 1 heterocycles. The van der Waals surface area contributed by atoms with Crippen LogP contribution in [0, 0.1) is 0 Å². The minimum Gasteiger partial charge on any atom is -0.491 e. The smallest absolute Gasteiger partial charge is 0.184 e. The van der Waals surface area contributed by atoms with Crippen molar-refractivity contribution < 1.29 is 14.6 Å². The van der Waals surface area contributed by atoms with Gasteiger partial charge in [0.1, 0.15) is 5.69 Å². The number of rotatable bonds is 4. The average Bonchev–Trinajstić information content (AvgIpc) is 2.18. The van der Waals surface area contributed by atoms with Crippen molar-refractivity contribution in [2.24, 2.45) is 0 Å². The van der Waals surface area contributed by atoms with Crippen LogP contribution < -0.4 is 9.47 Å². The van der Waals surface area contributed by atoms with Crippen LogP contribution in [0.5, 0.6) is 11.5 Å². The third-order valence-electron chi connectivity index (χ3n) is 1.60. The maximum atomic E-state index is 8.94. The second kappa shape index (κ2) is 4.67. The van der Waals surface area contributed by atoms with Crippen LogP contribution in [0.25, 0.3) is 0 Å². The monoisotopic (exact) mass is 183 g/mol. The summed E-state index contributed by atoms with van der Waals surface area (Å²) in [6.45, 7) is 2.30. The summed E-state index contributed by atoms with van der Waals surface area (Å²) in [5.74, 6) is 1.12. The summed E-state index contributed by atoms with van der Waals surface area (Å²) in [6.07, 6.45) is 1.58. The van der Waals surface area contributed by atoms with Gasteiger partial charge in [-0.1, -0.05) is 0 Å². The van der Waals surface area contributed by atoms with Crippen molar-refractivity contribution in [3.63, 3.8) is 0 Å². The molecule has 0 atom stereocenters. The van der Waals surface area contributed by atoms with Crippen molar-refractivity contribution >= 4 is 0 Å². The molecule has 0 aliphatic carbocycles. The summed E-state index contributed by atoms with van der Waals surface area (Å²) in [5, 5.41) is 8.94. The maximum absolute atomic E-state index is 8.94. The van der Waals surface area contributed by atoms with E-state index in [1.54, 1.807) is 12.3 Å². The van der Waals surface area contributed by atoms with Gasteiger partial charge in [-0.2, -0.15) is 0 Å². The fraction of sp³-hybridized carbons (Fsp3) is 0.444. The Labute approximate surface area is 77.1 Å². The minimum absolute atomic E-state index is 0.149. The molecule has 1 rings (SSSR count). The SMILES string of the molecule is CCOc1ccnc(CO)c1OC. The first-order valence-electron chi connectivity index (χ1n) is 4.09. The van der Waals surface area contributed by atoms with Gasteiger partial charge in [-0.05, 0) is 6.92 Å². The van der Waals surface area contributed by atoms with Crippen molar-refractivity contribution in [1.29, 1.82) is 0 Å². The zero-order valence-electron chi connectivity index (χ0n) is 7.78.